The molecule has 10 heteroatoms. The predicted octanol–water partition coefficient (Wildman–Crippen LogP) is 2.82. The number of hydrogen-bond acceptors (Lipinski definition) is 7. The molecule has 172 valence electrons. The highest BCUT2D eigenvalue weighted by Gasteiger charge is 2.27. The maximum Gasteiger partial charge on any atom is 0.324 e. The Morgan fingerprint density at radius 2 is 1.94 bits per heavy atom. The summed E-state index contributed by atoms with van der Waals surface area (Å²) in [6.07, 6.45) is 2.53. The molecule has 1 unspecified atom stereocenters. The van der Waals surface area contributed by atoms with Gasteiger partial charge in [0.15, 0.2) is 11.6 Å². The summed E-state index contributed by atoms with van der Waals surface area (Å²) in [5.74, 6) is 2.10. The number of hydrogen-bond donors (Lipinski definition) is 2. The van der Waals surface area contributed by atoms with E-state index in [9.17, 15) is 4.79 Å². The number of aromatic nitrogens is 4. The van der Waals surface area contributed by atoms with Gasteiger partial charge < -0.3 is 19.7 Å². The Labute approximate surface area is 191 Å². The largest absolute Gasteiger partial charge is 0.377 e. The zero-order valence-corrected chi connectivity index (χ0v) is 18.7. The first-order valence-corrected chi connectivity index (χ1v) is 11.1. The van der Waals surface area contributed by atoms with Crippen molar-refractivity contribution in [2.75, 3.05) is 41.9 Å². The van der Waals surface area contributed by atoms with Crippen molar-refractivity contribution >= 4 is 23.4 Å². The summed E-state index contributed by atoms with van der Waals surface area (Å²) in [6.45, 7) is 5.49. The molecule has 0 spiro atoms. The molecule has 5 rings (SSSR count). The van der Waals surface area contributed by atoms with E-state index in [1.807, 2.05) is 24.3 Å². The average molecular weight is 450 g/mol. The summed E-state index contributed by atoms with van der Waals surface area (Å²) in [5.41, 5.74) is 3.67. The number of morpholine rings is 1. The molecule has 0 aliphatic carbocycles. The van der Waals surface area contributed by atoms with Gasteiger partial charge in [0.05, 0.1) is 38.2 Å². The second-order valence-corrected chi connectivity index (χ2v) is 8.25. The van der Waals surface area contributed by atoms with Crippen LogP contribution in [0.3, 0.4) is 0 Å². The van der Waals surface area contributed by atoms with Gasteiger partial charge in [0.1, 0.15) is 5.82 Å². The second kappa shape index (κ2) is 9.16. The van der Waals surface area contributed by atoms with Gasteiger partial charge in [-0.2, -0.15) is 5.10 Å². The summed E-state index contributed by atoms with van der Waals surface area (Å²) in [5, 5.41) is 9.66. The summed E-state index contributed by atoms with van der Waals surface area (Å²) in [6, 6.07) is 9.14. The Morgan fingerprint density at radius 1 is 1.09 bits per heavy atom. The van der Waals surface area contributed by atoms with Gasteiger partial charge in [-0.15, -0.1) is 0 Å². The van der Waals surface area contributed by atoms with E-state index in [1.165, 1.54) is 0 Å². The molecule has 2 aromatic heterocycles. The molecule has 1 atom stereocenters. The van der Waals surface area contributed by atoms with Crippen LogP contribution >= 0.6 is 0 Å². The molecule has 1 fully saturated rings. The Kier molecular flexibility index (Phi) is 5.93. The van der Waals surface area contributed by atoms with Crippen LogP contribution in [0.1, 0.15) is 18.2 Å². The number of rotatable bonds is 4. The fourth-order valence-electron chi connectivity index (χ4n) is 4.09. The van der Waals surface area contributed by atoms with Crippen LogP contribution in [0.25, 0.3) is 11.4 Å². The van der Waals surface area contributed by atoms with Crippen molar-refractivity contribution in [1.29, 1.82) is 0 Å². The number of amides is 2. The monoisotopic (exact) mass is 449 g/mol. The Bertz CT molecular complexity index is 1150. The average Bonchev–Trinajstić information content (AvgIpc) is 3.23. The van der Waals surface area contributed by atoms with Crippen LogP contribution in [0.5, 0.6) is 0 Å². The van der Waals surface area contributed by atoms with E-state index in [1.54, 1.807) is 24.0 Å². The SMILES string of the molecule is CC1COCCN1c1nc(-c2ccc(NC(=O)Nc3ccn(C)n3)cc2)nc2c1COCC2. The molecule has 3 aromatic rings. The number of benzene rings is 1. The summed E-state index contributed by atoms with van der Waals surface area (Å²) < 4.78 is 13.0. The standard InChI is InChI=1S/C23H27N7O3/c1-15-13-33-12-10-30(15)22-18-14-32-11-8-19(18)25-21(27-22)16-3-5-17(6-4-16)24-23(31)26-20-7-9-29(2)28-20/h3-7,9,15H,8,10-14H2,1-2H3,(H2,24,26,28,31). The normalized spacial score (nSPS) is 18.0. The maximum atomic E-state index is 12.2. The lowest BCUT2D eigenvalue weighted by molar-refractivity contribution is 0.0952. The molecular formula is C23H27N7O3. The molecule has 2 N–H and O–H groups in total. The number of carbonyl (C=O) groups is 1. The molecule has 0 saturated carbocycles. The van der Waals surface area contributed by atoms with Crippen molar-refractivity contribution in [3.05, 3.63) is 47.8 Å². The first-order valence-electron chi connectivity index (χ1n) is 11.1. The molecule has 2 aliphatic rings. The molecule has 4 heterocycles. The van der Waals surface area contributed by atoms with E-state index < -0.39 is 0 Å². The lowest BCUT2D eigenvalue weighted by Crippen LogP contribution is -2.45. The van der Waals surface area contributed by atoms with Gasteiger partial charge in [-0.05, 0) is 31.2 Å². The van der Waals surface area contributed by atoms with Gasteiger partial charge in [0.25, 0.3) is 0 Å². The van der Waals surface area contributed by atoms with Gasteiger partial charge in [-0.1, -0.05) is 0 Å². The number of anilines is 3. The van der Waals surface area contributed by atoms with Gasteiger partial charge in [-0.25, -0.2) is 14.8 Å². The lowest BCUT2D eigenvalue weighted by Gasteiger charge is -2.36. The topological polar surface area (TPSA) is 106 Å². The zero-order chi connectivity index (χ0) is 22.8. The number of urea groups is 1. The fourth-order valence-corrected chi connectivity index (χ4v) is 4.09. The minimum Gasteiger partial charge on any atom is -0.377 e. The quantitative estimate of drug-likeness (QED) is 0.631. The first kappa shape index (κ1) is 21.4. The molecule has 33 heavy (non-hydrogen) atoms. The van der Waals surface area contributed by atoms with Crippen LogP contribution in [0, 0.1) is 0 Å². The van der Waals surface area contributed by atoms with E-state index in [4.69, 9.17) is 19.4 Å². The van der Waals surface area contributed by atoms with E-state index in [-0.39, 0.29) is 12.1 Å². The number of nitrogens with zero attached hydrogens (tertiary/aromatic N) is 5. The number of nitrogens with one attached hydrogen (secondary N) is 2. The summed E-state index contributed by atoms with van der Waals surface area (Å²) in [7, 11) is 1.79. The van der Waals surface area contributed by atoms with Crippen molar-refractivity contribution in [3.63, 3.8) is 0 Å². The van der Waals surface area contributed by atoms with Crippen molar-refractivity contribution in [2.45, 2.75) is 26.0 Å². The molecule has 10 nitrogen and oxygen atoms in total. The smallest absolute Gasteiger partial charge is 0.324 e. The first-order chi connectivity index (χ1) is 16.1. The van der Waals surface area contributed by atoms with Gasteiger partial charge >= 0.3 is 6.03 Å². The van der Waals surface area contributed by atoms with Crippen LogP contribution in [0.4, 0.5) is 22.1 Å². The molecule has 0 radical (unpaired) electrons. The van der Waals surface area contributed by atoms with Crippen LogP contribution in [-0.2, 0) is 29.5 Å². The van der Waals surface area contributed by atoms with E-state index >= 15 is 0 Å². The Hall–Kier alpha value is -3.50. The highest BCUT2D eigenvalue weighted by atomic mass is 16.5. The minimum atomic E-state index is -0.352. The number of fused-ring (bicyclic) bond motifs is 1. The van der Waals surface area contributed by atoms with Crippen LogP contribution in [0.15, 0.2) is 36.5 Å². The van der Waals surface area contributed by atoms with Crippen LogP contribution in [-0.4, -0.2) is 58.2 Å². The van der Waals surface area contributed by atoms with Crippen molar-refractivity contribution in [3.8, 4) is 11.4 Å². The molecule has 1 aromatic carbocycles. The third kappa shape index (κ3) is 4.67. The van der Waals surface area contributed by atoms with Gasteiger partial charge in [-0.3, -0.25) is 10.00 Å². The van der Waals surface area contributed by atoms with Gasteiger partial charge in [0, 0.05) is 49.1 Å². The highest BCUT2D eigenvalue weighted by Crippen LogP contribution is 2.31. The Morgan fingerprint density at radius 3 is 2.70 bits per heavy atom. The van der Waals surface area contributed by atoms with Gasteiger partial charge in [0.2, 0.25) is 0 Å². The fraction of sp³-hybridized carbons (Fsp3) is 0.391. The molecule has 2 amide bonds. The second-order valence-electron chi connectivity index (χ2n) is 8.25. The van der Waals surface area contributed by atoms with Crippen LogP contribution in [0.2, 0.25) is 0 Å². The number of ether oxygens (including phenoxy) is 2. The van der Waals surface area contributed by atoms with E-state index in [2.05, 4.69) is 27.6 Å². The summed E-state index contributed by atoms with van der Waals surface area (Å²) >= 11 is 0. The maximum absolute atomic E-state index is 12.2. The number of aryl methyl sites for hydroxylation is 1. The molecular weight excluding hydrogens is 422 g/mol. The van der Waals surface area contributed by atoms with Crippen molar-refractivity contribution in [2.24, 2.45) is 7.05 Å². The minimum absolute atomic E-state index is 0.233. The Balaban J connectivity index is 1.37. The van der Waals surface area contributed by atoms with E-state index in [0.29, 0.717) is 43.8 Å². The molecule has 2 aliphatic heterocycles. The highest BCUT2D eigenvalue weighted by molar-refractivity contribution is 5.99. The summed E-state index contributed by atoms with van der Waals surface area (Å²) in [4.78, 5) is 24.3. The molecule has 0 bridgehead atoms. The third-order valence-electron chi connectivity index (χ3n) is 5.80. The zero-order valence-electron chi connectivity index (χ0n) is 18.7. The lowest BCUT2D eigenvalue weighted by atomic mass is 10.1. The van der Waals surface area contributed by atoms with E-state index in [0.717, 1.165) is 35.6 Å². The number of carbonyl (C=O) groups excluding carboxylic acids is 1. The van der Waals surface area contributed by atoms with Crippen LogP contribution < -0.4 is 15.5 Å². The van der Waals surface area contributed by atoms with Crippen molar-refractivity contribution in [1.82, 2.24) is 19.7 Å². The van der Waals surface area contributed by atoms with Crippen molar-refractivity contribution < 1.29 is 14.3 Å². The third-order valence-corrected chi connectivity index (χ3v) is 5.80. The molecule has 1 saturated heterocycles. The predicted molar refractivity (Wildman–Crippen MR) is 124 cm³/mol.